The minimum Gasteiger partial charge on any atom is -0.447 e. The molecule has 0 radical (unpaired) electrons. The highest BCUT2D eigenvalue weighted by atomic mass is 32.2. The van der Waals surface area contributed by atoms with Gasteiger partial charge in [0.2, 0.25) is 0 Å². The van der Waals surface area contributed by atoms with Crippen LogP contribution in [0.2, 0.25) is 22.2 Å². The molecule has 4 aromatic rings. The van der Waals surface area contributed by atoms with Gasteiger partial charge in [0.15, 0.2) is 23.1 Å². The van der Waals surface area contributed by atoms with Gasteiger partial charge in [0, 0.05) is 18.0 Å². The van der Waals surface area contributed by atoms with Gasteiger partial charge in [0.1, 0.15) is 31.0 Å². The fraction of sp³-hybridized carbons (Fsp3) is 0.529. The zero-order valence-electron chi connectivity index (χ0n) is 30.3. The van der Waals surface area contributed by atoms with Gasteiger partial charge in [-0.15, -0.1) is 0 Å². The summed E-state index contributed by atoms with van der Waals surface area (Å²) in [5, 5.41) is 2.33. The van der Waals surface area contributed by atoms with Crippen molar-refractivity contribution in [3.8, 4) is 0 Å². The van der Waals surface area contributed by atoms with Crippen LogP contribution in [-0.4, -0.2) is 87.8 Å². The number of hydrogen-bond acceptors (Lipinski definition) is 12. The first-order valence-electron chi connectivity index (χ1n) is 17.4. The van der Waals surface area contributed by atoms with E-state index in [2.05, 4.69) is 80.6 Å². The fourth-order valence-corrected chi connectivity index (χ4v) is 18.8. The topological polar surface area (TPSA) is 154 Å². The third-order valence-electron chi connectivity index (χ3n) is 9.68. The maximum atomic E-state index is 13.5. The maximum absolute atomic E-state index is 13.5. The Bertz CT molecular complexity index is 1790. The summed E-state index contributed by atoms with van der Waals surface area (Å²) >= 11 is 0.882. The smallest absolute Gasteiger partial charge is 0.389 e. The highest BCUT2D eigenvalue weighted by Crippen LogP contribution is 2.48. The van der Waals surface area contributed by atoms with Gasteiger partial charge < -0.3 is 32.3 Å². The van der Waals surface area contributed by atoms with Gasteiger partial charge in [-0.1, -0.05) is 73.6 Å². The molecule has 0 bridgehead atoms. The number of nitrogens with one attached hydrogen (secondary N) is 1. The molecule has 1 aromatic carbocycles. The third-order valence-corrected chi connectivity index (χ3v) is 20.6. The maximum Gasteiger partial charge on any atom is 0.389 e. The summed E-state index contributed by atoms with van der Waals surface area (Å²) < 4.78 is 38.1. The predicted octanol–water partition coefficient (Wildman–Crippen LogP) is 6.70. The van der Waals surface area contributed by atoms with Crippen LogP contribution >= 0.6 is 11.9 Å². The summed E-state index contributed by atoms with van der Waals surface area (Å²) in [6.45, 7) is 17.7. The molecule has 0 unspecified atom stereocenters. The highest BCUT2D eigenvalue weighted by Gasteiger charge is 2.62. The number of ether oxygens (including phenoxy) is 2. The quantitative estimate of drug-likeness (QED) is 0.135. The van der Waals surface area contributed by atoms with Crippen LogP contribution in [0.25, 0.3) is 11.2 Å². The molecule has 2 aliphatic heterocycles. The molecule has 1 amide bonds. The second-order valence-electron chi connectivity index (χ2n) is 14.2. The lowest BCUT2D eigenvalue weighted by molar-refractivity contribution is -0.0407. The molecule has 5 heterocycles. The number of benzene rings is 1. The Hall–Kier alpha value is -3.46. The molecule has 14 nitrogen and oxygen atoms in total. The number of rotatable bonds is 10. The van der Waals surface area contributed by atoms with Crippen molar-refractivity contribution in [2.24, 2.45) is 0 Å². The number of carbonyl (C=O) groups excluding carboxylic acids is 2. The van der Waals surface area contributed by atoms with Crippen LogP contribution in [0, 0.1) is 0 Å². The normalized spacial score (nSPS) is 23.1. The van der Waals surface area contributed by atoms with Crippen molar-refractivity contribution in [3.63, 3.8) is 0 Å². The molecule has 2 fully saturated rings. The number of imidazole rings is 2. The molecule has 17 heteroatoms. The average molecular weight is 754 g/mol. The molecule has 2 aliphatic rings. The van der Waals surface area contributed by atoms with E-state index in [1.54, 1.807) is 47.0 Å². The molecule has 1 N–H and O–H groups in total. The minimum atomic E-state index is -3.06. The van der Waals surface area contributed by atoms with E-state index in [0.29, 0.717) is 16.7 Å². The summed E-state index contributed by atoms with van der Waals surface area (Å²) in [7, 11) is -5.90. The van der Waals surface area contributed by atoms with Gasteiger partial charge in [-0.2, -0.15) is 0 Å². The fourth-order valence-electron chi connectivity index (χ4n) is 7.10. The molecule has 4 atom stereocenters. The van der Waals surface area contributed by atoms with E-state index in [1.807, 2.05) is 10.6 Å². The lowest BCUT2D eigenvalue weighted by Gasteiger charge is -2.51. The Morgan fingerprint density at radius 3 is 2.31 bits per heavy atom. The first-order chi connectivity index (χ1) is 24.3. The summed E-state index contributed by atoms with van der Waals surface area (Å²) in [6, 6.07) is 8.88. The van der Waals surface area contributed by atoms with E-state index in [0.717, 1.165) is 11.9 Å². The summed E-state index contributed by atoms with van der Waals surface area (Å²) in [6.07, 6.45) is 5.14. The zero-order chi connectivity index (χ0) is 36.5. The molecule has 274 valence electrons. The number of nitrogens with zero attached hydrogens (tertiary/aromatic N) is 6. The zero-order valence-corrected chi connectivity index (χ0v) is 33.1. The third kappa shape index (κ3) is 7.42. The molecule has 0 aliphatic carbocycles. The number of carbonyl (C=O) groups is 2. The number of aromatic nitrogens is 6. The van der Waals surface area contributed by atoms with Crippen molar-refractivity contribution in [1.82, 2.24) is 28.5 Å². The number of anilines is 1. The molecule has 51 heavy (non-hydrogen) atoms. The van der Waals surface area contributed by atoms with Crippen LogP contribution < -0.4 is 5.32 Å². The van der Waals surface area contributed by atoms with E-state index in [4.69, 9.17) is 22.4 Å². The van der Waals surface area contributed by atoms with Gasteiger partial charge in [-0.05, 0) is 34.3 Å². The first kappa shape index (κ1) is 37.3. The van der Waals surface area contributed by atoms with Crippen LogP contribution in [0.4, 0.5) is 10.6 Å². The molecule has 0 saturated carbocycles. The van der Waals surface area contributed by atoms with E-state index in [-0.39, 0.29) is 47.0 Å². The minimum absolute atomic E-state index is 0.0683. The van der Waals surface area contributed by atoms with Gasteiger partial charge in [-0.3, -0.25) is 8.77 Å². The highest BCUT2D eigenvalue weighted by molar-refractivity contribution is 8.11. The molecule has 2 saturated heterocycles. The lowest BCUT2D eigenvalue weighted by Crippen LogP contribution is -2.66. The van der Waals surface area contributed by atoms with Crippen molar-refractivity contribution in [2.45, 2.75) is 109 Å². The predicted molar refractivity (Wildman–Crippen MR) is 198 cm³/mol. The largest absolute Gasteiger partial charge is 0.447 e. The Labute approximate surface area is 304 Å². The van der Waals surface area contributed by atoms with Crippen LogP contribution in [-0.2, 0) is 29.0 Å². The molecule has 0 spiro atoms. The van der Waals surface area contributed by atoms with E-state index < -0.39 is 46.8 Å². The average Bonchev–Trinajstić information content (AvgIpc) is 3.82. The van der Waals surface area contributed by atoms with Crippen molar-refractivity contribution < 1.29 is 32.0 Å². The van der Waals surface area contributed by atoms with Gasteiger partial charge >= 0.3 is 22.4 Å². The van der Waals surface area contributed by atoms with Gasteiger partial charge in [0.25, 0.3) is 5.91 Å². The number of hydrogen-bond donors (Lipinski definition) is 1. The van der Waals surface area contributed by atoms with Crippen molar-refractivity contribution >= 4 is 57.3 Å². The summed E-state index contributed by atoms with van der Waals surface area (Å²) in [5.41, 5.74) is 1.85. The summed E-state index contributed by atoms with van der Waals surface area (Å²) in [4.78, 5) is 43.9. The summed E-state index contributed by atoms with van der Waals surface area (Å²) in [5.74, 6) is -0.0314. The Morgan fingerprint density at radius 1 is 0.961 bits per heavy atom. The van der Waals surface area contributed by atoms with Crippen LogP contribution in [0.15, 0.2) is 61.7 Å². The SMILES string of the molecule is CC(C)[Si]1(C(C)C)OC[C@H]2O[C@@H](Cn3cnc4c(NC(=O)c5ccccc5)ncnc43)[C@H](OC(=O)Sn3ccnc3)[C@@H]2O[Si](C(C)C)(C(C)C)O1. The van der Waals surface area contributed by atoms with Crippen molar-refractivity contribution in [2.75, 3.05) is 11.9 Å². The van der Waals surface area contributed by atoms with E-state index in [9.17, 15) is 9.59 Å². The standard InChI is InChI=1S/C34H47N7O7SSi2/c1-21(2)50(22(3)4)44-17-27-30(47-51(48-50,23(5)6)24(7)8)29(46-34(43)49-41-15-14-35-19-41)26(45-27)16-40-20-38-28-31(36-18-37-32(28)40)39-33(42)25-12-10-9-11-13-25/h9-15,18-24,26-27,29-30H,16-17H2,1-8H3,(H,36,37,39,42)/t26-,27+,29-,30+/m0/s1. The molecule has 3 aromatic heterocycles. The number of fused-ring (bicyclic) bond motifs is 2. The van der Waals surface area contributed by atoms with E-state index in [1.165, 1.54) is 12.7 Å². The first-order valence-corrected chi connectivity index (χ1v) is 22.1. The van der Waals surface area contributed by atoms with Crippen molar-refractivity contribution in [1.29, 1.82) is 0 Å². The number of amides is 1. The van der Waals surface area contributed by atoms with Crippen LogP contribution in [0.3, 0.4) is 0 Å². The Morgan fingerprint density at radius 2 is 1.67 bits per heavy atom. The lowest BCUT2D eigenvalue weighted by atomic mass is 10.1. The van der Waals surface area contributed by atoms with E-state index >= 15 is 0 Å². The van der Waals surface area contributed by atoms with Gasteiger partial charge in [0.05, 0.1) is 31.4 Å². The van der Waals surface area contributed by atoms with Crippen LogP contribution in [0.5, 0.6) is 0 Å². The molecule has 6 rings (SSSR count). The second-order valence-corrected chi connectivity index (χ2v) is 24.0. The van der Waals surface area contributed by atoms with Gasteiger partial charge in [-0.25, -0.2) is 24.7 Å². The second kappa shape index (κ2) is 15.3. The van der Waals surface area contributed by atoms with Crippen LogP contribution in [0.1, 0.15) is 65.7 Å². The Kier molecular flexibility index (Phi) is 11.2. The van der Waals surface area contributed by atoms with Crippen molar-refractivity contribution in [3.05, 3.63) is 67.3 Å². The monoisotopic (exact) mass is 753 g/mol. The molecular formula is C34H47N7O7SSi2. The molecular weight excluding hydrogens is 707 g/mol. The Balaban J connectivity index is 1.35.